The molecule has 0 fully saturated rings. The van der Waals surface area contributed by atoms with Gasteiger partial charge in [0, 0.05) is 46.0 Å². The fraction of sp³-hybridized carbons (Fsp3) is 0.211. The van der Waals surface area contributed by atoms with Gasteiger partial charge in [-0.1, -0.05) is 90.1 Å². The Hall–Kier alpha value is -4.90. The average Bonchev–Trinajstić information content (AvgIpc) is 3.64. The number of aliphatic imine (C=N–C) groups is 1. The molecular weight excluding hydrogens is 528 g/mol. The van der Waals surface area contributed by atoms with E-state index in [9.17, 15) is 5.11 Å². The third-order valence-corrected chi connectivity index (χ3v) is 7.89. The minimum Gasteiger partial charge on any atom is -0.507 e. The van der Waals surface area contributed by atoms with E-state index < -0.39 is 0 Å². The number of H-pyrrole nitrogens is 1. The van der Waals surface area contributed by atoms with Crippen LogP contribution in [-0.4, -0.2) is 25.9 Å². The number of aromatic nitrogens is 3. The number of imidazole rings is 1. The van der Waals surface area contributed by atoms with Crippen molar-refractivity contribution in [3.63, 3.8) is 0 Å². The van der Waals surface area contributed by atoms with E-state index in [4.69, 9.17) is 9.98 Å². The van der Waals surface area contributed by atoms with Gasteiger partial charge in [0.05, 0.1) is 16.7 Å². The van der Waals surface area contributed by atoms with Crippen molar-refractivity contribution in [3.05, 3.63) is 120 Å². The van der Waals surface area contributed by atoms with Gasteiger partial charge in [-0.2, -0.15) is 0 Å². The molecule has 0 spiro atoms. The first-order valence-electron chi connectivity index (χ1n) is 14.7. The Kier molecular flexibility index (Phi) is 7.05. The van der Waals surface area contributed by atoms with E-state index in [0.29, 0.717) is 5.56 Å². The van der Waals surface area contributed by atoms with E-state index in [1.54, 1.807) is 6.21 Å². The Morgan fingerprint density at radius 2 is 1.49 bits per heavy atom. The summed E-state index contributed by atoms with van der Waals surface area (Å²) in [5.74, 6) is 1.07. The zero-order valence-electron chi connectivity index (χ0n) is 25.7. The Bertz CT molecular complexity index is 1930. The number of nitrogens with zero attached hydrogens (tertiary/aromatic N) is 3. The molecule has 0 saturated heterocycles. The van der Waals surface area contributed by atoms with Crippen molar-refractivity contribution < 1.29 is 5.11 Å². The van der Waals surface area contributed by atoms with Gasteiger partial charge in [0.1, 0.15) is 11.6 Å². The summed E-state index contributed by atoms with van der Waals surface area (Å²) in [7, 11) is 0. The number of nitrogens with one attached hydrogen (secondary N) is 1. The summed E-state index contributed by atoms with van der Waals surface area (Å²) < 4.78 is 2.20. The van der Waals surface area contributed by atoms with Crippen LogP contribution in [0.3, 0.4) is 0 Å². The van der Waals surface area contributed by atoms with Gasteiger partial charge < -0.3 is 10.1 Å². The van der Waals surface area contributed by atoms with Crippen molar-refractivity contribution in [3.8, 4) is 34.1 Å². The smallest absolute Gasteiger partial charge is 0.147 e. The van der Waals surface area contributed by atoms with Crippen molar-refractivity contribution in [2.45, 2.75) is 52.4 Å². The molecule has 0 aliphatic heterocycles. The average molecular weight is 567 g/mol. The zero-order valence-corrected chi connectivity index (χ0v) is 25.7. The molecule has 43 heavy (non-hydrogen) atoms. The van der Waals surface area contributed by atoms with E-state index in [2.05, 4.69) is 106 Å². The summed E-state index contributed by atoms with van der Waals surface area (Å²) in [5.41, 5.74) is 9.16. The molecule has 0 bridgehead atoms. The molecule has 2 aromatic heterocycles. The number of aromatic amines is 1. The van der Waals surface area contributed by atoms with E-state index in [1.807, 2.05) is 48.7 Å². The van der Waals surface area contributed by atoms with Gasteiger partial charge in [-0.15, -0.1) is 0 Å². The highest BCUT2D eigenvalue weighted by molar-refractivity contribution is 5.96. The number of hydrogen-bond donors (Lipinski definition) is 2. The van der Waals surface area contributed by atoms with E-state index in [0.717, 1.165) is 56.2 Å². The molecule has 5 heteroatoms. The van der Waals surface area contributed by atoms with E-state index >= 15 is 0 Å². The number of phenolic OH excluding ortho intramolecular Hbond substituents is 1. The third-order valence-electron chi connectivity index (χ3n) is 7.89. The predicted octanol–water partition coefficient (Wildman–Crippen LogP) is 9.74. The molecule has 0 amide bonds. The van der Waals surface area contributed by atoms with Crippen LogP contribution in [0.4, 0.5) is 5.69 Å². The van der Waals surface area contributed by atoms with Gasteiger partial charge in [-0.05, 0) is 64.9 Å². The van der Waals surface area contributed by atoms with Gasteiger partial charge in [0.2, 0.25) is 0 Å². The first kappa shape index (κ1) is 28.2. The normalized spacial score (nSPS) is 12.4. The Balaban J connectivity index is 1.55. The summed E-state index contributed by atoms with van der Waals surface area (Å²) in [4.78, 5) is 13.6. The molecule has 0 unspecified atom stereocenters. The summed E-state index contributed by atoms with van der Waals surface area (Å²) in [5, 5.41) is 11.4. The molecular formula is C38H38N4O. The van der Waals surface area contributed by atoms with Crippen LogP contribution in [0.2, 0.25) is 0 Å². The van der Waals surface area contributed by atoms with Crippen LogP contribution in [0.15, 0.2) is 108 Å². The van der Waals surface area contributed by atoms with Crippen LogP contribution in [0.5, 0.6) is 5.75 Å². The first-order valence-corrected chi connectivity index (χ1v) is 14.7. The number of fused-ring (bicyclic) bond motifs is 1. The zero-order chi connectivity index (χ0) is 30.4. The molecule has 216 valence electrons. The molecule has 5 nitrogen and oxygen atoms in total. The number of phenols is 1. The van der Waals surface area contributed by atoms with Crippen LogP contribution in [0.1, 0.15) is 58.2 Å². The maximum absolute atomic E-state index is 11.4. The lowest BCUT2D eigenvalue weighted by atomic mass is 9.79. The molecule has 2 heterocycles. The summed E-state index contributed by atoms with van der Waals surface area (Å²) in [6, 6.07) is 32.9. The predicted molar refractivity (Wildman–Crippen MR) is 179 cm³/mol. The molecule has 0 atom stereocenters. The topological polar surface area (TPSA) is 66.2 Å². The number of aromatic hydroxyl groups is 1. The lowest BCUT2D eigenvalue weighted by molar-refractivity contribution is 0.444. The van der Waals surface area contributed by atoms with E-state index in [1.165, 1.54) is 0 Å². The van der Waals surface area contributed by atoms with Gasteiger partial charge in [-0.25, -0.2) is 4.98 Å². The number of hydrogen-bond acceptors (Lipinski definition) is 3. The Labute approximate surface area is 253 Å². The standard InChI is InChI=1S/C38H38N4O/c1-37(2,3)26-22-25(35(43)30(23-26)38(4,5)6)24-40-32-18-11-10-16-29(32)36-41-34-28(31-19-13-21-39-31)17-12-20-33(34)42(36)27-14-8-7-9-15-27/h7-24,39,43H,1-6H3. The van der Waals surface area contributed by atoms with Crippen molar-refractivity contribution in [1.82, 2.24) is 14.5 Å². The maximum Gasteiger partial charge on any atom is 0.147 e. The number of rotatable bonds is 5. The van der Waals surface area contributed by atoms with Crippen molar-refractivity contribution in [2.24, 2.45) is 4.99 Å². The Morgan fingerprint density at radius 3 is 2.19 bits per heavy atom. The molecule has 6 rings (SSSR count). The minimum atomic E-state index is -0.219. The van der Waals surface area contributed by atoms with Crippen molar-refractivity contribution >= 4 is 22.9 Å². The third kappa shape index (κ3) is 5.39. The highest BCUT2D eigenvalue weighted by Crippen LogP contribution is 2.39. The SMILES string of the molecule is CC(C)(C)c1cc(C=Nc2ccccc2-c2nc3c(-c4ccc[nH]4)cccc3n2-c2ccccc2)c(O)c(C(C)(C)C)c1. The monoisotopic (exact) mass is 566 g/mol. The lowest BCUT2D eigenvalue weighted by Gasteiger charge is -2.27. The first-order chi connectivity index (χ1) is 20.5. The molecule has 2 N–H and O–H groups in total. The summed E-state index contributed by atoms with van der Waals surface area (Å²) in [6.07, 6.45) is 3.72. The highest BCUT2D eigenvalue weighted by atomic mass is 16.3. The lowest BCUT2D eigenvalue weighted by Crippen LogP contribution is -2.17. The molecule has 0 aliphatic rings. The van der Waals surface area contributed by atoms with Crippen LogP contribution < -0.4 is 0 Å². The Morgan fingerprint density at radius 1 is 0.767 bits per heavy atom. The van der Waals surface area contributed by atoms with E-state index in [-0.39, 0.29) is 16.6 Å². The second-order valence-electron chi connectivity index (χ2n) is 13.1. The second kappa shape index (κ2) is 10.7. The number of benzene rings is 4. The molecule has 6 aromatic rings. The maximum atomic E-state index is 11.4. The fourth-order valence-corrected chi connectivity index (χ4v) is 5.51. The van der Waals surface area contributed by atoms with Crippen LogP contribution in [-0.2, 0) is 10.8 Å². The molecule has 0 aliphatic carbocycles. The van der Waals surface area contributed by atoms with Crippen LogP contribution in [0.25, 0.3) is 39.4 Å². The van der Waals surface area contributed by atoms with Crippen LogP contribution in [0, 0.1) is 0 Å². The quantitative estimate of drug-likeness (QED) is 0.204. The minimum absolute atomic E-state index is 0.0778. The molecule has 4 aromatic carbocycles. The van der Waals surface area contributed by atoms with Gasteiger partial charge in [-0.3, -0.25) is 9.56 Å². The summed E-state index contributed by atoms with van der Waals surface area (Å²) in [6.45, 7) is 13.0. The fourth-order valence-electron chi connectivity index (χ4n) is 5.51. The molecule has 0 saturated carbocycles. The van der Waals surface area contributed by atoms with Crippen LogP contribution >= 0.6 is 0 Å². The van der Waals surface area contributed by atoms with Crippen molar-refractivity contribution in [2.75, 3.05) is 0 Å². The second-order valence-corrected chi connectivity index (χ2v) is 13.1. The molecule has 0 radical (unpaired) electrons. The van der Waals surface area contributed by atoms with Gasteiger partial charge in [0.15, 0.2) is 0 Å². The summed E-state index contributed by atoms with van der Waals surface area (Å²) >= 11 is 0. The highest BCUT2D eigenvalue weighted by Gasteiger charge is 2.25. The number of para-hydroxylation sites is 3. The largest absolute Gasteiger partial charge is 0.507 e. The van der Waals surface area contributed by atoms with Gasteiger partial charge >= 0.3 is 0 Å². The van der Waals surface area contributed by atoms with Crippen molar-refractivity contribution in [1.29, 1.82) is 0 Å². The van der Waals surface area contributed by atoms with Gasteiger partial charge in [0.25, 0.3) is 0 Å².